The van der Waals surface area contributed by atoms with Crippen LogP contribution in [0.5, 0.6) is 5.75 Å². The van der Waals surface area contributed by atoms with Crippen LogP contribution in [0.25, 0.3) is 0 Å². The fraction of sp³-hybridized carbons (Fsp3) is 0.316. The number of carbonyl (C=O) groups is 1. The van der Waals surface area contributed by atoms with Crippen LogP contribution < -0.4 is 0 Å². The van der Waals surface area contributed by atoms with E-state index in [9.17, 15) is 9.90 Å². The number of phenols is 1. The van der Waals surface area contributed by atoms with Crippen molar-refractivity contribution in [1.29, 1.82) is 0 Å². The Kier molecular flexibility index (Phi) is 4.31. The van der Waals surface area contributed by atoms with Gasteiger partial charge in [0.25, 0.3) is 5.91 Å². The quantitative estimate of drug-likeness (QED) is 0.847. The minimum Gasteiger partial charge on any atom is -0.507 e. The van der Waals surface area contributed by atoms with Gasteiger partial charge in [-0.1, -0.05) is 38.1 Å². The first-order valence-electron chi connectivity index (χ1n) is 7.79. The number of halogens is 1. The molecule has 1 amide bonds. The average molecular weight is 330 g/mol. The van der Waals surface area contributed by atoms with E-state index in [2.05, 4.69) is 13.8 Å². The molecule has 120 valence electrons. The lowest BCUT2D eigenvalue weighted by atomic mass is 9.94. The molecule has 0 radical (unpaired) electrons. The Bertz CT molecular complexity index is 730. The van der Waals surface area contributed by atoms with Gasteiger partial charge < -0.3 is 10.0 Å². The zero-order valence-electron chi connectivity index (χ0n) is 13.3. The van der Waals surface area contributed by atoms with Crippen LogP contribution in [-0.2, 0) is 19.0 Å². The molecule has 1 aliphatic rings. The third kappa shape index (κ3) is 2.93. The van der Waals surface area contributed by atoms with Gasteiger partial charge in [0, 0.05) is 19.0 Å². The maximum Gasteiger partial charge on any atom is 0.258 e. The molecule has 1 heterocycles. The standard InChI is InChI=1S/C19H20ClNO2/c1-12(2)16-8-17(18(22)7-15(16)9-20)19(23)21-10-13-5-3-4-6-14(13)11-21/h3-8,12,22H,9-11H2,1-2H3. The van der Waals surface area contributed by atoms with Gasteiger partial charge in [0.15, 0.2) is 0 Å². The van der Waals surface area contributed by atoms with Gasteiger partial charge in [-0.05, 0) is 40.3 Å². The summed E-state index contributed by atoms with van der Waals surface area (Å²) in [6, 6.07) is 11.5. The number of aromatic hydroxyl groups is 1. The lowest BCUT2D eigenvalue weighted by Gasteiger charge is -2.19. The highest BCUT2D eigenvalue weighted by atomic mass is 35.5. The number of benzene rings is 2. The summed E-state index contributed by atoms with van der Waals surface area (Å²) < 4.78 is 0. The van der Waals surface area contributed by atoms with Crippen LogP contribution in [0.1, 0.15) is 52.4 Å². The van der Waals surface area contributed by atoms with E-state index < -0.39 is 0 Å². The Labute approximate surface area is 141 Å². The minimum atomic E-state index is -0.137. The number of fused-ring (bicyclic) bond motifs is 1. The Balaban J connectivity index is 1.93. The smallest absolute Gasteiger partial charge is 0.258 e. The number of rotatable bonds is 3. The monoisotopic (exact) mass is 329 g/mol. The summed E-state index contributed by atoms with van der Waals surface area (Å²) in [6.45, 7) is 5.29. The average Bonchev–Trinajstić information content (AvgIpc) is 2.97. The number of carbonyl (C=O) groups excluding carboxylic acids is 1. The third-order valence-electron chi connectivity index (χ3n) is 4.38. The van der Waals surface area contributed by atoms with Crippen LogP contribution >= 0.6 is 11.6 Å². The Morgan fingerprint density at radius 2 is 1.83 bits per heavy atom. The number of alkyl halides is 1. The molecule has 1 aliphatic heterocycles. The van der Waals surface area contributed by atoms with Crippen molar-refractivity contribution in [1.82, 2.24) is 4.90 Å². The zero-order chi connectivity index (χ0) is 16.6. The molecule has 0 atom stereocenters. The van der Waals surface area contributed by atoms with E-state index in [-0.39, 0.29) is 17.6 Å². The van der Waals surface area contributed by atoms with Crippen molar-refractivity contribution in [3.63, 3.8) is 0 Å². The van der Waals surface area contributed by atoms with E-state index in [1.807, 2.05) is 24.3 Å². The Morgan fingerprint density at radius 1 is 1.22 bits per heavy atom. The zero-order valence-corrected chi connectivity index (χ0v) is 14.1. The second-order valence-corrected chi connectivity index (χ2v) is 6.55. The Morgan fingerprint density at radius 3 is 2.35 bits per heavy atom. The molecule has 2 aromatic carbocycles. The topological polar surface area (TPSA) is 40.5 Å². The van der Waals surface area contributed by atoms with Gasteiger partial charge >= 0.3 is 0 Å². The van der Waals surface area contributed by atoms with Crippen molar-refractivity contribution in [3.8, 4) is 5.75 Å². The fourth-order valence-electron chi connectivity index (χ4n) is 3.12. The van der Waals surface area contributed by atoms with Crippen LogP contribution in [0.4, 0.5) is 0 Å². The van der Waals surface area contributed by atoms with E-state index in [0.717, 1.165) is 11.1 Å². The first kappa shape index (κ1) is 15.9. The molecule has 0 bridgehead atoms. The van der Waals surface area contributed by atoms with E-state index in [1.165, 1.54) is 11.1 Å². The second kappa shape index (κ2) is 6.25. The van der Waals surface area contributed by atoms with Gasteiger partial charge in [0.2, 0.25) is 0 Å². The molecular formula is C19H20ClNO2. The molecule has 23 heavy (non-hydrogen) atoms. The van der Waals surface area contributed by atoms with Crippen LogP contribution in [-0.4, -0.2) is 15.9 Å². The van der Waals surface area contributed by atoms with Crippen molar-refractivity contribution >= 4 is 17.5 Å². The van der Waals surface area contributed by atoms with E-state index in [1.54, 1.807) is 17.0 Å². The number of phenolic OH excluding ortho intramolecular Hbond substituents is 1. The predicted octanol–water partition coefficient (Wildman–Crippen LogP) is 4.41. The summed E-state index contributed by atoms with van der Waals surface area (Å²) in [5, 5.41) is 10.3. The van der Waals surface area contributed by atoms with Crippen molar-refractivity contribution in [2.75, 3.05) is 0 Å². The molecule has 0 unspecified atom stereocenters. The normalized spacial score (nSPS) is 13.5. The van der Waals surface area contributed by atoms with Crippen molar-refractivity contribution in [2.45, 2.75) is 38.7 Å². The summed E-state index contributed by atoms with van der Waals surface area (Å²) in [7, 11) is 0. The second-order valence-electron chi connectivity index (χ2n) is 6.29. The van der Waals surface area contributed by atoms with E-state index in [0.29, 0.717) is 24.5 Å². The molecular weight excluding hydrogens is 310 g/mol. The minimum absolute atomic E-state index is 0.00556. The summed E-state index contributed by atoms with van der Waals surface area (Å²) in [6.07, 6.45) is 0. The predicted molar refractivity (Wildman–Crippen MR) is 91.8 cm³/mol. The van der Waals surface area contributed by atoms with E-state index in [4.69, 9.17) is 11.6 Å². The molecule has 2 aromatic rings. The molecule has 0 spiro atoms. The van der Waals surface area contributed by atoms with Crippen LogP contribution in [0.2, 0.25) is 0 Å². The number of hydrogen-bond acceptors (Lipinski definition) is 2. The van der Waals surface area contributed by atoms with Gasteiger partial charge in [-0.3, -0.25) is 4.79 Å². The van der Waals surface area contributed by atoms with Crippen LogP contribution in [0.15, 0.2) is 36.4 Å². The van der Waals surface area contributed by atoms with Crippen molar-refractivity contribution in [3.05, 3.63) is 64.2 Å². The highest BCUT2D eigenvalue weighted by Gasteiger charge is 2.26. The summed E-state index contributed by atoms with van der Waals surface area (Å²) in [5.41, 5.74) is 4.58. The fourth-order valence-corrected chi connectivity index (χ4v) is 3.35. The highest BCUT2D eigenvalue weighted by Crippen LogP contribution is 2.32. The maximum absolute atomic E-state index is 12.8. The van der Waals surface area contributed by atoms with Gasteiger partial charge in [-0.15, -0.1) is 11.6 Å². The molecule has 0 saturated carbocycles. The molecule has 0 aliphatic carbocycles. The molecule has 3 rings (SSSR count). The summed E-state index contributed by atoms with van der Waals surface area (Å²) in [4.78, 5) is 14.6. The number of hydrogen-bond donors (Lipinski definition) is 1. The maximum atomic E-state index is 12.8. The van der Waals surface area contributed by atoms with Crippen molar-refractivity contribution in [2.24, 2.45) is 0 Å². The van der Waals surface area contributed by atoms with Crippen LogP contribution in [0.3, 0.4) is 0 Å². The van der Waals surface area contributed by atoms with Gasteiger partial charge in [-0.25, -0.2) is 0 Å². The lowest BCUT2D eigenvalue weighted by Crippen LogP contribution is -2.25. The molecule has 4 heteroatoms. The molecule has 1 N–H and O–H groups in total. The van der Waals surface area contributed by atoms with Gasteiger partial charge in [0.05, 0.1) is 5.56 Å². The highest BCUT2D eigenvalue weighted by molar-refractivity contribution is 6.17. The molecule has 3 nitrogen and oxygen atoms in total. The Hall–Kier alpha value is -2.00. The van der Waals surface area contributed by atoms with Crippen LogP contribution in [0, 0.1) is 0 Å². The lowest BCUT2D eigenvalue weighted by molar-refractivity contribution is 0.0748. The molecule has 0 aromatic heterocycles. The molecule has 0 fully saturated rings. The third-order valence-corrected chi connectivity index (χ3v) is 4.67. The first-order valence-corrected chi connectivity index (χ1v) is 8.32. The summed E-state index contributed by atoms with van der Waals surface area (Å²) in [5.74, 6) is 0.435. The van der Waals surface area contributed by atoms with Gasteiger partial charge in [0.1, 0.15) is 5.75 Å². The number of amides is 1. The molecule has 0 saturated heterocycles. The van der Waals surface area contributed by atoms with Gasteiger partial charge in [-0.2, -0.15) is 0 Å². The van der Waals surface area contributed by atoms with E-state index >= 15 is 0 Å². The first-order chi connectivity index (χ1) is 11.0. The SMILES string of the molecule is CC(C)c1cc(C(=O)N2Cc3ccccc3C2)c(O)cc1CCl. The van der Waals surface area contributed by atoms with Crippen molar-refractivity contribution < 1.29 is 9.90 Å². The number of nitrogens with zero attached hydrogens (tertiary/aromatic N) is 1. The largest absolute Gasteiger partial charge is 0.507 e. The summed E-state index contributed by atoms with van der Waals surface area (Å²) >= 11 is 5.96.